The third kappa shape index (κ3) is 7.53. The zero-order chi connectivity index (χ0) is 18.4. The van der Waals surface area contributed by atoms with Gasteiger partial charge in [0.1, 0.15) is 0 Å². The average molecular weight is 432 g/mol. The van der Waals surface area contributed by atoms with Crippen LogP contribution >= 0.6 is 24.8 Å². The molecular weight excluding hydrogens is 397 g/mol. The summed E-state index contributed by atoms with van der Waals surface area (Å²) in [5, 5.41) is 6.60. The van der Waals surface area contributed by atoms with E-state index in [9.17, 15) is 4.79 Å². The zero-order valence-corrected chi connectivity index (χ0v) is 18.7. The number of nitrogens with one attached hydrogen (secondary N) is 2. The number of benzene rings is 1. The molecule has 0 spiro atoms. The summed E-state index contributed by atoms with van der Waals surface area (Å²) in [5.41, 5.74) is 3.32. The Labute approximate surface area is 181 Å². The Hall–Kier alpha value is -0.850. The third-order valence-corrected chi connectivity index (χ3v) is 5.73. The number of nitrogens with zero attached hydrogens (tertiary/aromatic N) is 1. The van der Waals surface area contributed by atoms with Crippen LogP contribution in [0.25, 0.3) is 0 Å². The van der Waals surface area contributed by atoms with Crippen molar-refractivity contribution in [1.82, 2.24) is 10.2 Å². The fourth-order valence-corrected chi connectivity index (χ4v) is 3.94. The summed E-state index contributed by atoms with van der Waals surface area (Å²) in [7, 11) is 0. The highest BCUT2D eigenvalue weighted by Gasteiger charge is 2.22. The van der Waals surface area contributed by atoms with Gasteiger partial charge in [0.25, 0.3) is 0 Å². The smallest absolute Gasteiger partial charge is 0.224 e. The summed E-state index contributed by atoms with van der Waals surface area (Å²) >= 11 is 0. The van der Waals surface area contributed by atoms with Crippen molar-refractivity contribution in [2.45, 2.75) is 39.7 Å². The maximum Gasteiger partial charge on any atom is 0.224 e. The number of anilines is 1. The highest BCUT2D eigenvalue weighted by atomic mass is 35.5. The van der Waals surface area contributed by atoms with Gasteiger partial charge in [-0.05, 0) is 61.9 Å². The number of carbonyl (C=O) groups is 1. The van der Waals surface area contributed by atoms with Gasteiger partial charge in [0.2, 0.25) is 5.91 Å². The van der Waals surface area contributed by atoms with Crippen molar-refractivity contribution in [1.29, 1.82) is 0 Å². The van der Waals surface area contributed by atoms with E-state index in [0.29, 0.717) is 18.3 Å². The second-order valence-electron chi connectivity index (χ2n) is 7.87. The molecule has 5 nitrogen and oxygen atoms in total. The van der Waals surface area contributed by atoms with Gasteiger partial charge in [-0.25, -0.2) is 0 Å². The Morgan fingerprint density at radius 1 is 1.32 bits per heavy atom. The first-order valence-electron chi connectivity index (χ1n) is 10.0. The van der Waals surface area contributed by atoms with E-state index in [1.54, 1.807) is 0 Å². The minimum atomic E-state index is 0. The molecule has 2 N–H and O–H groups in total. The summed E-state index contributed by atoms with van der Waals surface area (Å²) < 4.78 is 5.42. The van der Waals surface area contributed by atoms with Crippen LogP contribution in [-0.4, -0.2) is 50.2 Å². The van der Waals surface area contributed by atoms with Gasteiger partial charge >= 0.3 is 0 Å². The van der Waals surface area contributed by atoms with Crippen LogP contribution < -0.4 is 10.6 Å². The molecule has 3 rings (SSSR count). The lowest BCUT2D eigenvalue weighted by Gasteiger charge is -2.28. The number of hydrogen-bond donors (Lipinski definition) is 2. The van der Waals surface area contributed by atoms with Gasteiger partial charge in [0.05, 0.1) is 13.2 Å². The molecule has 7 heteroatoms. The lowest BCUT2D eigenvalue weighted by atomic mass is 9.85. The van der Waals surface area contributed by atoms with Crippen molar-refractivity contribution >= 4 is 36.4 Å². The zero-order valence-electron chi connectivity index (χ0n) is 17.0. The molecule has 0 saturated carbocycles. The normalized spacial score (nSPS) is 21.1. The predicted octanol–water partition coefficient (Wildman–Crippen LogP) is 3.64. The van der Waals surface area contributed by atoms with Gasteiger partial charge in [0, 0.05) is 31.7 Å². The van der Waals surface area contributed by atoms with Crippen LogP contribution in [-0.2, 0) is 16.1 Å². The molecule has 160 valence electrons. The molecule has 2 saturated heterocycles. The molecule has 2 atom stereocenters. The third-order valence-electron chi connectivity index (χ3n) is 5.73. The number of halogens is 2. The quantitative estimate of drug-likeness (QED) is 0.721. The molecule has 0 radical (unpaired) electrons. The first kappa shape index (κ1) is 25.2. The van der Waals surface area contributed by atoms with Crippen LogP contribution in [0, 0.1) is 18.8 Å². The lowest BCUT2D eigenvalue weighted by molar-refractivity contribution is -0.117. The van der Waals surface area contributed by atoms with E-state index in [-0.39, 0.29) is 30.7 Å². The fourth-order valence-electron chi connectivity index (χ4n) is 3.94. The van der Waals surface area contributed by atoms with E-state index in [1.165, 1.54) is 18.4 Å². The summed E-state index contributed by atoms with van der Waals surface area (Å²) in [6.45, 7) is 10.9. The van der Waals surface area contributed by atoms with Crippen LogP contribution in [0.2, 0.25) is 0 Å². The Morgan fingerprint density at radius 2 is 2.07 bits per heavy atom. The number of amides is 1. The minimum Gasteiger partial charge on any atom is -0.379 e. The van der Waals surface area contributed by atoms with Crippen molar-refractivity contribution < 1.29 is 9.53 Å². The molecular formula is C21H35Cl2N3O2. The van der Waals surface area contributed by atoms with Gasteiger partial charge in [-0.15, -0.1) is 24.8 Å². The molecule has 2 aliphatic heterocycles. The Bertz CT molecular complexity index is 603. The van der Waals surface area contributed by atoms with Crippen molar-refractivity contribution in [3.8, 4) is 0 Å². The molecule has 0 aromatic heterocycles. The minimum absolute atomic E-state index is 0. The van der Waals surface area contributed by atoms with Crippen molar-refractivity contribution in [2.24, 2.45) is 11.8 Å². The van der Waals surface area contributed by atoms with Crippen molar-refractivity contribution in [3.63, 3.8) is 0 Å². The maximum atomic E-state index is 12.6. The van der Waals surface area contributed by atoms with Gasteiger partial charge in [0.15, 0.2) is 0 Å². The predicted molar refractivity (Wildman–Crippen MR) is 120 cm³/mol. The number of piperidine rings is 1. The first-order valence-corrected chi connectivity index (χ1v) is 10.0. The van der Waals surface area contributed by atoms with Gasteiger partial charge in [-0.3, -0.25) is 9.69 Å². The monoisotopic (exact) mass is 431 g/mol. The average Bonchev–Trinajstić information content (AvgIpc) is 2.66. The lowest BCUT2D eigenvalue weighted by Crippen LogP contribution is -2.35. The Morgan fingerprint density at radius 3 is 2.75 bits per heavy atom. The second kappa shape index (κ2) is 12.7. The van der Waals surface area contributed by atoms with Gasteiger partial charge in [-0.2, -0.15) is 0 Å². The molecule has 28 heavy (non-hydrogen) atoms. The van der Waals surface area contributed by atoms with Crippen LogP contribution in [0.4, 0.5) is 5.69 Å². The van der Waals surface area contributed by atoms with E-state index in [2.05, 4.69) is 47.6 Å². The number of hydrogen-bond acceptors (Lipinski definition) is 4. The summed E-state index contributed by atoms with van der Waals surface area (Å²) in [5.74, 6) is 1.16. The molecule has 1 aromatic carbocycles. The van der Waals surface area contributed by atoms with Gasteiger partial charge < -0.3 is 15.4 Å². The van der Waals surface area contributed by atoms with E-state index in [0.717, 1.165) is 57.2 Å². The topological polar surface area (TPSA) is 53.6 Å². The molecule has 0 bridgehead atoms. The second-order valence-corrected chi connectivity index (χ2v) is 7.87. The maximum absolute atomic E-state index is 12.6. The van der Waals surface area contributed by atoms with E-state index >= 15 is 0 Å². The van der Waals surface area contributed by atoms with E-state index < -0.39 is 0 Å². The molecule has 1 amide bonds. The number of carbonyl (C=O) groups excluding carboxylic acids is 1. The molecule has 2 heterocycles. The van der Waals surface area contributed by atoms with Crippen LogP contribution in [0.15, 0.2) is 18.2 Å². The Balaban J connectivity index is 0.00000196. The van der Waals surface area contributed by atoms with Crippen molar-refractivity contribution in [3.05, 3.63) is 29.3 Å². The largest absolute Gasteiger partial charge is 0.379 e. The highest BCUT2D eigenvalue weighted by Crippen LogP contribution is 2.24. The molecule has 2 fully saturated rings. The standard InChI is InChI=1S/C21H33N3O2.2ClH/c1-16-5-6-18(15-24-8-10-26-11-9-24)13-20(16)23-21(25)12-17(2)19-4-3-7-22-14-19;;/h5-6,13,17,19,22H,3-4,7-12,14-15H2,1-2H3,(H,23,25);2*1H. The molecule has 0 aliphatic carbocycles. The van der Waals surface area contributed by atoms with Crippen LogP contribution in [0.3, 0.4) is 0 Å². The Kier molecular flexibility index (Phi) is 11.4. The van der Waals surface area contributed by atoms with Gasteiger partial charge in [-0.1, -0.05) is 19.1 Å². The fraction of sp³-hybridized carbons (Fsp3) is 0.667. The SMILES string of the molecule is Cc1ccc(CN2CCOCC2)cc1NC(=O)CC(C)C1CCCNC1.Cl.Cl. The molecule has 2 aliphatic rings. The summed E-state index contributed by atoms with van der Waals surface area (Å²) in [4.78, 5) is 15.0. The number of morpholine rings is 1. The van der Waals surface area contributed by atoms with Crippen LogP contribution in [0.1, 0.15) is 37.3 Å². The number of rotatable bonds is 6. The highest BCUT2D eigenvalue weighted by molar-refractivity contribution is 5.91. The summed E-state index contributed by atoms with van der Waals surface area (Å²) in [6.07, 6.45) is 3.05. The van der Waals surface area contributed by atoms with Crippen LogP contribution in [0.5, 0.6) is 0 Å². The molecule has 2 unspecified atom stereocenters. The number of ether oxygens (including phenoxy) is 1. The van der Waals surface area contributed by atoms with E-state index in [1.807, 2.05) is 0 Å². The molecule has 1 aromatic rings. The first-order chi connectivity index (χ1) is 12.6. The van der Waals surface area contributed by atoms with E-state index in [4.69, 9.17) is 4.74 Å². The number of aryl methyl sites for hydroxylation is 1. The van der Waals surface area contributed by atoms with Crippen molar-refractivity contribution in [2.75, 3.05) is 44.7 Å². The summed E-state index contributed by atoms with van der Waals surface area (Å²) in [6, 6.07) is 6.41.